The first-order valence-electron chi connectivity index (χ1n) is 12.6. The Morgan fingerprint density at radius 2 is 1.71 bits per heavy atom. The smallest absolute Gasteiger partial charge is 0.309 e. The van der Waals surface area contributed by atoms with Crippen LogP contribution in [0.5, 0.6) is 17.2 Å². The van der Waals surface area contributed by atoms with Crippen LogP contribution < -0.4 is 14.2 Å². The zero-order chi connectivity index (χ0) is 28.2. The molecular formula is C28H36ClNO8. The van der Waals surface area contributed by atoms with Crippen LogP contribution in [0.25, 0.3) is 0 Å². The van der Waals surface area contributed by atoms with E-state index in [1.807, 2.05) is 12.1 Å². The van der Waals surface area contributed by atoms with Crippen molar-refractivity contribution in [3.63, 3.8) is 0 Å². The van der Waals surface area contributed by atoms with Gasteiger partial charge in [0.1, 0.15) is 18.0 Å². The number of carbonyl (C=O) groups excluding carboxylic acids is 3. The van der Waals surface area contributed by atoms with Crippen molar-refractivity contribution in [2.45, 2.75) is 66.1 Å². The number of aromatic nitrogens is 1. The summed E-state index contributed by atoms with van der Waals surface area (Å²) < 4.78 is 27.5. The Labute approximate surface area is 228 Å². The minimum Gasteiger partial charge on any atom is -0.493 e. The quantitative estimate of drug-likeness (QED) is 0.158. The van der Waals surface area contributed by atoms with E-state index in [0.717, 1.165) is 12.8 Å². The molecule has 2 aromatic rings. The summed E-state index contributed by atoms with van der Waals surface area (Å²) in [7, 11) is 1.41. The largest absolute Gasteiger partial charge is 0.493 e. The van der Waals surface area contributed by atoms with Crippen LogP contribution in [-0.4, -0.2) is 48.8 Å². The van der Waals surface area contributed by atoms with E-state index >= 15 is 0 Å². The van der Waals surface area contributed by atoms with Crippen LogP contribution in [0.15, 0.2) is 36.5 Å². The Bertz CT molecular complexity index is 1090. The molecule has 0 aliphatic carbocycles. The number of ether oxygens (including phenoxy) is 5. The minimum atomic E-state index is -0.776. The average Bonchev–Trinajstić information content (AvgIpc) is 2.89. The number of Topliss-reactive ketones (excluding diaryl/α,β-unsaturated/α-hetero) is 1. The van der Waals surface area contributed by atoms with E-state index in [-0.39, 0.29) is 29.5 Å². The number of hydrogen-bond acceptors (Lipinski definition) is 9. The van der Waals surface area contributed by atoms with Crippen molar-refractivity contribution in [3.8, 4) is 17.2 Å². The fraction of sp³-hybridized carbons (Fsp3) is 0.500. The molecule has 0 fully saturated rings. The molecule has 0 amide bonds. The van der Waals surface area contributed by atoms with Crippen LogP contribution >= 0.6 is 11.6 Å². The molecule has 0 N–H and O–H groups in total. The monoisotopic (exact) mass is 549 g/mol. The van der Waals surface area contributed by atoms with E-state index in [9.17, 15) is 14.4 Å². The molecule has 9 nitrogen and oxygen atoms in total. The summed E-state index contributed by atoms with van der Waals surface area (Å²) in [5.74, 6) is -1.43. The van der Waals surface area contributed by atoms with E-state index < -0.39 is 42.6 Å². The lowest BCUT2D eigenvalue weighted by atomic mass is 9.92. The van der Waals surface area contributed by atoms with Gasteiger partial charge < -0.3 is 23.7 Å². The summed E-state index contributed by atoms with van der Waals surface area (Å²) in [5.41, 5.74) is -0.0406. The molecule has 2 rings (SSSR count). The molecule has 0 unspecified atom stereocenters. The van der Waals surface area contributed by atoms with E-state index in [4.69, 9.17) is 35.3 Å². The number of halogens is 1. The van der Waals surface area contributed by atoms with E-state index in [1.165, 1.54) is 26.3 Å². The lowest BCUT2D eigenvalue weighted by molar-refractivity contribution is -0.159. The Balaban J connectivity index is 2.13. The van der Waals surface area contributed by atoms with Gasteiger partial charge in [0.25, 0.3) is 0 Å². The zero-order valence-corrected chi connectivity index (χ0v) is 23.4. The van der Waals surface area contributed by atoms with Gasteiger partial charge >= 0.3 is 11.9 Å². The van der Waals surface area contributed by atoms with Gasteiger partial charge in [0, 0.05) is 25.6 Å². The number of hydrogen-bond donors (Lipinski definition) is 0. The summed E-state index contributed by atoms with van der Waals surface area (Å²) in [6.45, 7) is 8.29. The van der Waals surface area contributed by atoms with Crippen molar-refractivity contribution in [2.24, 2.45) is 11.8 Å². The third-order valence-electron chi connectivity index (χ3n) is 6.09. The molecule has 0 saturated heterocycles. The van der Waals surface area contributed by atoms with Crippen LogP contribution in [0.2, 0.25) is 5.02 Å². The highest BCUT2D eigenvalue weighted by atomic mass is 35.5. The number of benzene rings is 1. The number of rotatable bonds is 15. The number of nitrogens with zero attached hydrogens (tertiary/aromatic N) is 1. The fourth-order valence-corrected chi connectivity index (χ4v) is 4.12. The predicted molar refractivity (Wildman–Crippen MR) is 142 cm³/mol. The number of carbonyl (C=O) groups is 3. The summed E-state index contributed by atoms with van der Waals surface area (Å²) in [4.78, 5) is 41.3. The Hall–Kier alpha value is -3.33. The predicted octanol–water partition coefficient (Wildman–Crippen LogP) is 5.67. The van der Waals surface area contributed by atoms with Gasteiger partial charge in [0.05, 0.1) is 18.1 Å². The first-order valence-corrected chi connectivity index (χ1v) is 12.9. The highest BCUT2D eigenvalue weighted by Gasteiger charge is 2.32. The molecule has 0 saturated carbocycles. The van der Waals surface area contributed by atoms with Crippen LogP contribution in [0.4, 0.5) is 0 Å². The normalized spacial score (nSPS) is 13.3. The first kappa shape index (κ1) is 30.9. The Morgan fingerprint density at radius 1 is 1.03 bits per heavy atom. The van der Waals surface area contributed by atoms with Gasteiger partial charge in [-0.25, -0.2) is 4.98 Å². The molecule has 208 valence electrons. The van der Waals surface area contributed by atoms with E-state index in [2.05, 4.69) is 18.8 Å². The SMILES string of the molecule is CCC(CC)[C@@H](Oc1ccccc1Cl)[C@H](C)OC(=O)[C@H](C)CC(=O)c1nccc(OC)c1OCOC(C)=O. The molecule has 3 atom stereocenters. The number of methoxy groups -OCH3 is 1. The zero-order valence-electron chi connectivity index (χ0n) is 22.7. The number of ketones is 1. The molecule has 10 heteroatoms. The van der Waals surface area contributed by atoms with Gasteiger partial charge in [0.15, 0.2) is 23.0 Å². The van der Waals surface area contributed by atoms with Crippen molar-refractivity contribution in [2.75, 3.05) is 13.9 Å². The van der Waals surface area contributed by atoms with Gasteiger partial charge in [-0.15, -0.1) is 0 Å². The standard InChI is InChI=1S/C28H36ClNO8/c1-7-20(8-2)26(38-23-12-10-9-11-21(23)29)18(4)37-28(33)17(3)15-22(32)25-27(36-16-35-19(5)31)24(34-6)13-14-30-25/h9-14,17-18,20,26H,7-8,15-16H2,1-6H3/t17-,18+,26+/m1/s1. The summed E-state index contributed by atoms with van der Waals surface area (Å²) in [5, 5.41) is 0.471. The molecule has 1 aromatic heterocycles. The second-order valence-corrected chi connectivity index (χ2v) is 9.26. The summed E-state index contributed by atoms with van der Waals surface area (Å²) >= 11 is 6.30. The van der Waals surface area contributed by atoms with Crippen molar-refractivity contribution in [3.05, 3.63) is 47.2 Å². The molecule has 38 heavy (non-hydrogen) atoms. The van der Waals surface area contributed by atoms with E-state index in [1.54, 1.807) is 26.0 Å². The third kappa shape index (κ3) is 8.62. The molecule has 1 aromatic carbocycles. The highest BCUT2D eigenvalue weighted by Crippen LogP contribution is 2.32. The molecule has 1 heterocycles. The second-order valence-electron chi connectivity index (χ2n) is 8.85. The molecule has 0 aliphatic rings. The molecular weight excluding hydrogens is 514 g/mol. The molecule has 0 bridgehead atoms. The van der Waals surface area contributed by atoms with Crippen LogP contribution in [0, 0.1) is 11.8 Å². The second kappa shape index (κ2) is 15.2. The maximum atomic E-state index is 13.1. The fourth-order valence-electron chi connectivity index (χ4n) is 3.94. The molecule has 0 aliphatic heterocycles. The summed E-state index contributed by atoms with van der Waals surface area (Å²) in [6.07, 6.45) is 1.81. The van der Waals surface area contributed by atoms with Crippen LogP contribution in [-0.2, 0) is 19.1 Å². The minimum absolute atomic E-state index is 0.0251. The van der Waals surface area contributed by atoms with Crippen LogP contribution in [0.1, 0.15) is 64.4 Å². The van der Waals surface area contributed by atoms with Gasteiger partial charge in [-0.1, -0.05) is 44.5 Å². The Kier molecular flexibility index (Phi) is 12.3. The maximum absolute atomic E-state index is 13.1. The van der Waals surface area contributed by atoms with E-state index in [0.29, 0.717) is 10.8 Å². The van der Waals surface area contributed by atoms with Crippen molar-refractivity contribution in [1.82, 2.24) is 4.98 Å². The molecule has 0 spiro atoms. The van der Waals surface area contributed by atoms with Crippen molar-refractivity contribution >= 4 is 29.3 Å². The van der Waals surface area contributed by atoms with Gasteiger partial charge in [-0.2, -0.15) is 0 Å². The molecule has 0 radical (unpaired) electrons. The maximum Gasteiger partial charge on any atom is 0.309 e. The number of pyridine rings is 1. The third-order valence-corrected chi connectivity index (χ3v) is 6.40. The number of esters is 2. The first-order chi connectivity index (χ1) is 18.1. The highest BCUT2D eigenvalue weighted by molar-refractivity contribution is 6.32. The topological polar surface area (TPSA) is 110 Å². The van der Waals surface area contributed by atoms with Crippen LogP contribution in [0.3, 0.4) is 0 Å². The lowest BCUT2D eigenvalue weighted by Crippen LogP contribution is -2.40. The van der Waals surface area contributed by atoms with Gasteiger partial charge in [-0.3, -0.25) is 14.4 Å². The summed E-state index contributed by atoms with van der Waals surface area (Å²) in [6, 6.07) is 8.66. The van der Waals surface area contributed by atoms with Crippen molar-refractivity contribution in [1.29, 1.82) is 0 Å². The average molecular weight is 550 g/mol. The Morgan fingerprint density at radius 3 is 2.32 bits per heavy atom. The van der Waals surface area contributed by atoms with Gasteiger partial charge in [-0.05, 0) is 37.8 Å². The lowest BCUT2D eigenvalue weighted by Gasteiger charge is -2.31. The van der Waals surface area contributed by atoms with Gasteiger partial charge in [0.2, 0.25) is 6.79 Å². The number of para-hydroxylation sites is 1. The van der Waals surface area contributed by atoms with Crippen molar-refractivity contribution < 1.29 is 38.1 Å².